The monoisotopic (exact) mass is 232 g/mol. The maximum absolute atomic E-state index is 3.45. The summed E-state index contributed by atoms with van der Waals surface area (Å²) in [5.41, 5.74) is 1.47. The summed E-state index contributed by atoms with van der Waals surface area (Å²) in [4.78, 5) is 2.63. The number of likely N-dealkylation sites (N-methyl/N-ethyl adjacent to an activating group) is 1. The molecule has 1 aliphatic heterocycles. The fourth-order valence-corrected chi connectivity index (χ4v) is 2.68. The van der Waals surface area contributed by atoms with E-state index >= 15 is 0 Å². The van der Waals surface area contributed by atoms with Gasteiger partial charge in [0.05, 0.1) is 0 Å². The molecule has 1 aromatic rings. The summed E-state index contributed by atoms with van der Waals surface area (Å²) < 4.78 is 0. The van der Waals surface area contributed by atoms with Crippen LogP contribution in [-0.4, -0.2) is 37.1 Å². The molecule has 2 rings (SSSR count). The van der Waals surface area contributed by atoms with Crippen LogP contribution in [0.2, 0.25) is 0 Å². The van der Waals surface area contributed by atoms with Crippen molar-refractivity contribution in [2.24, 2.45) is 0 Å². The zero-order valence-electron chi connectivity index (χ0n) is 10.9. The van der Waals surface area contributed by atoms with Crippen LogP contribution < -0.4 is 5.32 Å². The maximum atomic E-state index is 3.45. The van der Waals surface area contributed by atoms with Gasteiger partial charge in [-0.2, -0.15) is 0 Å². The molecule has 1 atom stereocenters. The summed E-state index contributed by atoms with van der Waals surface area (Å²) in [6, 6.07) is 11.6. The molecule has 1 aromatic carbocycles. The highest BCUT2D eigenvalue weighted by Crippen LogP contribution is 2.10. The number of benzene rings is 1. The quantitative estimate of drug-likeness (QED) is 0.809. The van der Waals surface area contributed by atoms with Crippen molar-refractivity contribution in [2.45, 2.75) is 32.2 Å². The molecule has 1 saturated heterocycles. The van der Waals surface area contributed by atoms with E-state index in [-0.39, 0.29) is 0 Å². The number of nitrogens with one attached hydrogen (secondary N) is 1. The van der Waals surface area contributed by atoms with Gasteiger partial charge in [0.25, 0.3) is 0 Å². The van der Waals surface area contributed by atoms with Crippen molar-refractivity contribution in [1.29, 1.82) is 0 Å². The lowest BCUT2D eigenvalue weighted by molar-refractivity contribution is 0.216. The van der Waals surface area contributed by atoms with Crippen LogP contribution in [0.25, 0.3) is 0 Å². The fraction of sp³-hybridized carbons (Fsp3) is 0.600. The Balaban J connectivity index is 1.72. The Kier molecular flexibility index (Phi) is 5.02. The lowest BCUT2D eigenvalue weighted by Crippen LogP contribution is -2.37. The average Bonchev–Trinajstić information content (AvgIpc) is 2.90. The minimum absolute atomic E-state index is 0.774. The molecule has 1 fully saturated rings. The summed E-state index contributed by atoms with van der Waals surface area (Å²) in [7, 11) is 0. The predicted octanol–water partition coefficient (Wildman–Crippen LogP) is 2.30. The first kappa shape index (κ1) is 12.6. The first-order valence-electron chi connectivity index (χ1n) is 6.89. The van der Waals surface area contributed by atoms with Crippen LogP contribution in [0.15, 0.2) is 30.3 Å². The van der Waals surface area contributed by atoms with Gasteiger partial charge in [0, 0.05) is 12.6 Å². The zero-order valence-corrected chi connectivity index (χ0v) is 10.9. The molecule has 2 nitrogen and oxygen atoms in total. The van der Waals surface area contributed by atoms with E-state index in [2.05, 4.69) is 47.5 Å². The Labute approximate surface area is 105 Å². The largest absolute Gasteiger partial charge is 0.315 e. The molecule has 94 valence electrons. The van der Waals surface area contributed by atoms with Crippen molar-refractivity contribution < 1.29 is 0 Å². The van der Waals surface area contributed by atoms with E-state index in [0.29, 0.717) is 0 Å². The Morgan fingerprint density at radius 1 is 1.29 bits per heavy atom. The van der Waals surface area contributed by atoms with Crippen molar-refractivity contribution in [3.05, 3.63) is 35.9 Å². The highest BCUT2D eigenvalue weighted by molar-refractivity contribution is 5.14. The van der Waals surface area contributed by atoms with E-state index in [1.54, 1.807) is 0 Å². The van der Waals surface area contributed by atoms with E-state index in [1.165, 1.54) is 51.0 Å². The van der Waals surface area contributed by atoms with E-state index in [0.717, 1.165) is 6.04 Å². The van der Waals surface area contributed by atoms with Crippen molar-refractivity contribution in [3.8, 4) is 0 Å². The maximum Gasteiger partial charge on any atom is 0.0232 e. The molecule has 1 aliphatic rings. The van der Waals surface area contributed by atoms with Crippen LogP contribution >= 0.6 is 0 Å². The third-order valence-corrected chi connectivity index (χ3v) is 3.71. The van der Waals surface area contributed by atoms with Gasteiger partial charge in [-0.15, -0.1) is 0 Å². The molecule has 0 saturated carbocycles. The zero-order chi connectivity index (χ0) is 11.9. The summed E-state index contributed by atoms with van der Waals surface area (Å²) in [5.74, 6) is 0. The standard InChI is InChI=1S/C15H24N2/c1-2-17(15-10-11-16-13-15)12-6-9-14-7-4-3-5-8-14/h3-5,7-8,15-16H,2,6,9-13H2,1H3. The number of nitrogens with zero attached hydrogens (tertiary/aromatic N) is 1. The van der Waals surface area contributed by atoms with Crippen LogP contribution in [0.1, 0.15) is 25.3 Å². The molecule has 1 unspecified atom stereocenters. The summed E-state index contributed by atoms with van der Waals surface area (Å²) >= 11 is 0. The molecular formula is C15H24N2. The fourth-order valence-electron chi connectivity index (χ4n) is 2.68. The molecule has 1 N–H and O–H groups in total. The Hall–Kier alpha value is -0.860. The van der Waals surface area contributed by atoms with Crippen molar-refractivity contribution in [3.63, 3.8) is 0 Å². The normalized spacial score (nSPS) is 20.0. The van der Waals surface area contributed by atoms with Gasteiger partial charge in [-0.3, -0.25) is 4.90 Å². The number of hydrogen-bond donors (Lipinski definition) is 1. The smallest absolute Gasteiger partial charge is 0.0232 e. The minimum Gasteiger partial charge on any atom is -0.315 e. The van der Waals surface area contributed by atoms with E-state index < -0.39 is 0 Å². The van der Waals surface area contributed by atoms with E-state index in [4.69, 9.17) is 0 Å². The molecular weight excluding hydrogens is 208 g/mol. The van der Waals surface area contributed by atoms with Gasteiger partial charge in [-0.05, 0) is 44.5 Å². The summed E-state index contributed by atoms with van der Waals surface area (Å²) in [6.45, 7) is 7.07. The molecule has 0 radical (unpaired) electrons. The Morgan fingerprint density at radius 3 is 2.76 bits per heavy atom. The van der Waals surface area contributed by atoms with Crippen LogP contribution in [0.5, 0.6) is 0 Å². The van der Waals surface area contributed by atoms with Gasteiger partial charge < -0.3 is 5.32 Å². The van der Waals surface area contributed by atoms with Crippen LogP contribution in [0, 0.1) is 0 Å². The second-order valence-electron chi connectivity index (χ2n) is 4.86. The van der Waals surface area contributed by atoms with Gasteiger partial charge in [0.1, 0.15) is 0 Å². The molecule has 2 heteroatoms. The molecule has 17 heavy (non-hydrogen) atoms. The summed E-state index contributed by atoms with van der Waals surface area (Å²) in [6.07, 6.45) is 3.80. The van der Waals surface area contributed by atoms with Gasteiger partial charge in [-0.1, -0.05) is 37.3 Å². The van der Waals surface area contributed by atoms with Crippen LogP contribution in [0.4, 0.5) is 0 Å². The molecule has 0 amide bonds. The molecule has 0 aromatic heterocycles. The van der Waals surface area contributed by atoms with Crippen LogP contribution in [-0.2, 0) is 6.42 Å². The van der Waals surface area contributed by atoms with Crippen molar-refractivity contribution in [2.75, 3.05) is 26.2 Å². The number of rotatable bonds is 6. The van der Waals surface area contributed by atoms with Gasteiger partial charge >= 0.3 is 0 Å². The average molecular weight is 232 g/mol. The second kappa shape index (κ2) is 6.77. The van der Waals surface area contributed by atoms with Gasteiger partial charge in [0.15, 0.2) is 0 Å². The predicted molar refractivity (Wildman–Crippen MR) is 73.3 cm³/mol. The highest BCUT2D eigenvalue weighted by atomic mass is 15.2. The van der Waals surface area contributed by atoms with Gasteiger partial charge in [0.2, 0.25) is 0 Å². The Bertz CT molecular complexity index is 304. The molecule has 0 bridgehead atoms. The lowest BCUT2D eigenvalue weighted by atomic mass is 10.1. The molecule has 0 aliphatic carbocycles. The molecule has 0 spiro atoms. The molecule has 1 heterocycles. The lowest BCUT2D eigenvalue weighted by Gasteiger charge is -2.26. The number of hydrogen-bond acceptors (Lipinski definition) is 2. The third kappa shape index (κ3) is 3.83. The third-order valence-electron chi connectivity index (χ3n) is 3.71. The minimum atomic E-state index is 0.774. The summed E-state index contributed by atoms with van der Waals surface area (Å²) in [5, 5.41) is 3.45. The SMILES string of the molecule is CCN(CCCc1ccccc1)C1CCNC1. The van der Waals surface area contributed by atoms with E-state index in [9.17, 15) is 0 Å². The number of aryl methyl sites for hydroxylation is 1. The Morgan fingerprint density at radius 2 is 2.12 bits per heavy atom. The van der Waals surface area contributed by atoms with Crippen LogP contribution in [0.3, 0.4) is 0 Å². The van der Waals surface area contributed by atoms with Crippen molar-refractivity contribution in [1.82, 2.24) is 10.2 Å². The second-order valence-corrected chi connectivity index (χ2v) is 4.86. The van der Waals surface area contributed by atoms with Gasteiger partial charge in [-0.25, -0.2) is 0 Å². The first-order chi connectivity index (χ1) is 8.40. The first-order valence-corrected chi connectivity index (χ1v) is 6.89. The van der Waals surface area contributed by atoms with E-state index in [1.807, 2.05) is 0 Å². The van der Waals surface area contributed by atoms with Crippen molar-refractivity contribution >= 4 is 0 Å². The highest BCUT2D eigenvalue weighted by Gasteiger charge is 2.20. The topological polar surface area (TPSA) is 15.3 Å².